The molecule has 21 heavy (non-hydrogen) atoms. The normalized spacial score (nSPS) is 15.8. The lowest BCUT2D eigenvalue weighted by Crippen LogP contribution is -2.38. The number of ether oxygens (including phenoxy) is 1. The van der Waals surface area contributed by atoms with E-state index < -0.39 is 0 Å². The number of carbonyl (C=O) groups is 1. The Kier molecular flexibility index (Phi) is 6.70. The second kappa shape index (κ2) is 8.80. The molecule has 1 aromatic rings. The van der Waals surface area contributed by atoms with Crippen LogP contribution in [0.5, 0.6) is 0 Å². The summed E-state index contributed by atoms with van der Waals surface area (Å²) in [6, 6.07) is 8.27. The van der Waals surface area contributed by atoms with Crippen LogP contribution < -0.4 is 5.32 Å². The van der Waals surface area contributed by atoms with Gasteiger partial charge in [0.25, 0.3) is 0 Å². The third-order valence-electron chi connectivity index (χ3n) is 3.87. The van der Waals surface area contributed by atoms with Crippen molar-refractivity contribution in [3.8, 4) is 0 Å². The van der Waals surface area contributed by atoms with Crippen molar-refractivity contribution in [1.82, 2.24) is 10.2 Å². The highest BCUT2D eigenvalue weighted by Crippen LogP contribution is 2.10. The minimum Gasteiger partial charge on any atom is -0.380 e. The van der Waals surface area contributed by atoms with Gasteiger partial charge in [0.15, 0.2) is 0 Å². The summed E-state index contributed by atoms with van der Waals surface area (Å²) >= 11 is 0. The van der Waals surface area contributed by atoms with Crippen LogP contribution in [-0.4, -0.2) is 37.6 Å². The fourth-order valence-electron chi connectivity index (χ4n) is 2.74. The maximum atomic E-state index is 12.2. The molecule has 0 atom stereocenters. The van der Waals surface area contributed by atoms with Crippen LogP contribution in [0.25, 0.3) is 0 Å². The summed E-state index contributed by atoms with van der Waals surface area (Å²) in [5.41, 5.74) is 2.35. The Balaban J connectivity index is 1.75. The summed E-state index contributed by atoms with van der Waals surface area (Å²) in [6.07, 6.45) is 4.79. The molecule has 0 aliphatic carbocycles. The molecule has 116 valence electrons. The minimum atomic E-state index is 0.227. The van der Waals surface area contributed by atoms with Crippen molar-refractivity contribution in [3.05, 3.63) is 35.4 Å². The van der Waals surface area contributed by atoms with Crippen molar-refractivity contribution in [3.63, 3.8) is 0 Å². The van der Waals surface area contributed by atoms with Crippen molar-refractivity contribution >= 4 is 5.91 Å². The van der Waals surface area contributed by atoms with Crippen LogP contribution in [0.4, 0.5) is 0 Å². The molecule has 4 nitrogen and oxygen atoms in total. The molecule has 2 rings (SSSR count). The third kappa shape index (κ3) is 5.48. The van der Waals surface area contributed by atoms with Gasteiger partial charge >= 0.3 is 0 Å². The van der Waals surface area contributed by atoms with Crippen LogP contribution >= 0.6 is 0 Å². The topological polar surface area (TPSA) is 41.6 Å². The molecule has 0 unspecified atom stereocenters. The van der Waals surface area contributed by atoms with Gasteiger partial charge in [-0.3, -0.25) is 4.79 Å². The fraction of sp³-hybridized carbons (Fsp3) is 0.588. The summed E-state index contributed by atoms with van der Waals surface area (Å²) in [6.45, 7) is 3.61. The molecule has 1 saturated heterocycles. The molecule has 1 aliphatic rings. The zero-order chi connectivity index (χ0) is 14.9. The molecule has 0 saturated carbocycles. The number of rotatable bonds is 6. The van der Waals surface area contributed by atoms with Gasteiger partial charge in [-0.25, -0.2) is 0 Å². The maximum absolute atomic E-state index is 12.2. The lowest BCUT2D eigenvalue weighted by atomic mass is 10.1. The monoisotopic (exact) mass is 290 g/mol. The van der Waals surface area contributed by atoms with Crippen molar-refractivity contribution < 1.29 is 9.53 Å². The van der Waals surface area contributed by atoms with Gasteiger partial charge in [-0.15, -0.1) is 0 Å². The summed E-state index contributed by atoms with van der Waals surface area (Å²) < 4.78 is 5.14. The molecular formula is C17H26N2O2. The molecule has 4 heteroatoms. The van der Waals surface area contributed by atoms with Gasteiger partial charge in [0.2, 0.25) is 5.91 Å². The van der Waals surface area contributed by atoms with Crippen molar-refractivity contribution in [2.24, 2.45) is 0 Å². The molecule has 1 fully saturated rings. The minimum absolute atomic E-state index is 0.227. The predicted octanol–water partition coefficient (Wildman–Crippen LogP) is 2.33. The first kappa shape index (κ1) is 16.0. The first-order valence-electron chi connectivity index (χ1n) is 7.85. The fourth-order valence-corrected chi connectivity index (χ4v) is 2.74. The van der Waals surface area contributed by atoms with Gasteiger partial charge in [-0.05, 0) is 24.0 Å². The SMILES string of the molecule is COCc1cccc(CNCC(=O)N2CCCCCC2)c1. The molecule has 0 spiro atoms. The Bertz CT molecular complexity index is 440. The maximum Gasteiger partial charge on any atom is 0.236 e. The third-order valence-corrected chi connectivity index (χ3v) is 3.87. The summed E-state index contributed by atoms with van der Waals surface area (Å²) in [5.74, 6) is 0.227. The molecule has 0 radical (unpaired) electrons. The highest BCUT2D eigenvalue weighted by Gasteiger charge is 2.14. The molecule has 1 heterocycles. The van der Waals surface area contributed by atoms with Crippen molar-refractivity contribution in [2.45, 2.75) is 38.8 Å². The number of nitrogens with zero attached hydrogens (tertiary/aromatic N) is 1. The van der Waals surface area contributed by atoms with E-state index in [0.29, 0.717) is 13.2 Å². The number of likely N-dealkylation sites (tertiary alicyclic amines) is 1. The van der Waals surface area contributed by atoms with Gasteiger partial charge in [0.05, 0.1) is 13.2 Å². The summed E-state index contributed by atoms with van der Waals surface area (Å²) in [7, 11) is 1.70. The summed E-state index contributed by atoms with van der Waals surface area (Å²) in [4.78, 5) is 14.2. The molecular weight excluding hydrogens is 264 g/mol. The lowest BCUT2D eigenvalue weighted by Gasteiger charge is -2.20. The first-order chi connectivity index (χ1) is 10.3. The van der Waals surface area contributed by atoms with E-state index in [2.05, 4.69) is 23.5 Å². The number of nitrogens with one attached hydrogen (secondary N) is 1. The van der Waals surface area contributed by atoms with Gasteiger partial charge in [0.1, 0.15) is 0 Å². The number of benzene rings is 1. The van der Waals surface area contributed by atoms with Gasteiger partial charge in [-0.2, -0.15) is 0 Å². The van der Waals surface area contributed by atoms with Crippen LogP contribution in [-0.2, 0) is 22.7 Å². The van der Waals surface area contributed by atoms with E-state index in [9.17, 15) is 4.79 Å². The Morgan fingerprint density at radius 3 is 2.62 bits per heavy atom. The average molecular weight is 290 g/mol. The van der Waals surface area contributed by atoms with Crippen LogP contribution in [0.3, 0.4) is 0 Å². The number of amides is 1. The number of carbonyl (C=O) groups excluding carboxylic acids is 1. The summed E-state index contributed by atoms with van der Waals surface area (Å²) in [5, 5.41) is 3.26. The largest absolute Gasteiger partial charge is 0.380 e. The lowest BCUT2D eigenvalue weighted by molar-refractivity contribution is -0.130. The predicted molar refractivity (Wildman–Crippen MR) is 83.9 cm³/mol. The Hall–Kier alpha value is -1.39. The molecule has 1 aliphatic heterocycles. The number of hydrogen-bond donors (Lipinski definition) is 1. The van der Waals surface area contributed by atoms with Crippen LogP contribution in [0.2, 0.25) is 0 Å². The van der Waals surface area contributed by atoms with E-state index in [1.165, 1.54) is 18.4 Å². The molecule has 1 amide bonds. The van der Waals surface area contributed by atoms with Crippen LogP contribution in [0, 0.1) is 0 Å². The Morgan fingerprint density at radius 2 is 1.90 bits per heavy atom. The smallest absolute Gasteiger partial charge is 0.236 e. The van der Waals surface area contributed by atoms with Crippen molar-refractivity contribution in [1.29, 1.82) is 0 Å². The van der Waals surface area contributed by atoms with E-state index >= 15 is 0 Å². The van der Waals surface area contributed by atoms with E-state index in [1.54, 1.807) is 7.11 Å². The average Bonchev–Trinajstić information content (AvgIpc) is 2.77. The second-order valence-electron chi connectivity index (χ2n) is 5.65. The van der Waals surface area contributed by atoms with Crippen LogP contribution in [0.15, 0.2) is 24.3 Å². The highest BCUT2D eigenvalue weighted by molar-refractivity contribution is 5.78. The quantitative estimate of drug-likeness (QED) is 0.874. The Morgan fingerprint density at radius 1 is 1.19 bits per heavy atom. The zero-order valence-electron chi connectivity index (χ0n) is 12.9. The molecule has 1 N–H and O–H groups in total. The van der Waals surface area contributed by atoms with E-state index in [4.69, 9.17) is 4.74 Å². The molecule has 0 aromatic heterocycles. The Labute approximate surface area is 127 Å². The molecule has 0 bridgehead atoms. The molecule has 1 aromatic carbocycles. The first-order valence-corrected chi connectivity index (χ1v) is 7.85. The van der Waals surface area contributed by atoms with Gasteiger partial charge in [-0.1, -0.05) is 37.1 Å². The van der Waals surface area contributed by atoms with Gasteiger partial charge in [0, 0.05) is 26.7 Å². The number of hydrogen-bond acceptors (Lipinski definition) is 3. The van der Waals surface area contributed by atoms with Gasteiger partial charge < -0.3 is 15.0 Å². The van der Waals surface area contributed by atoms with Crippen molar-refractivity contribution in [2.75, 3.05) is 26.7 Å². The highest BCUT2D eigenvalue weighted by atomic mass is 16.5. The number of methoxy groups -OCH3 is 1. The standard InChI is InChI=1S/C17H26N2O2/c1-21-14-16-8-6-7-15(11-16)12-18-13-17(20)19-9-4-2-3-5-10-19/h6-8,11,18H,2-5,9-10,12-14H2,1H3. The zero-order valence-corrected chi connectivity index (χ0v) is 12.9. The van der Waals surface area contributed by atoms with Crippen LogP contribution in [0.1, 0.15) is 36.8 Å². The van der Waals surface area contributed by atoms with E-state index in [-0.39, 0.29) is 5.91 Å². The second-order valence-corrected chi connectivity index (χ2v) is 5.65. The van der Waals surface area contributed by atoms with E-state index in [1.807, 2.05) is 11.0 Å². The van der Waals surface area contributed by atoms with E-state index in [0.717, 1.165) is 38.0 Å².